The zero-order valence-corrected chi connectivity index (χ0v) is 11.9. The molecule has 0 bridgehead atoms. The molecule has 5 nitrogen and oxygen atoms in total. The summed E-state index contributed by atoms with van der Waals surface area (Å²) in [6.45, 7) is 0.348. The van der Waals surface area contributed by atoms with Gasteiger partial charge in [0, 0.05) is 5.56 Å². The molecule has 0 amide bonds. The van der Waals surface area contributed by atoms with E-state index in [0.717, 1.165) is 11.1 Å². The molecule has 0 saturated heterocycles. The summed E-state index contributed by atoms with van der Waals surface area (Å²) in [6, 6.07) is 15.3. The number of hydrogen-bond donors (Lipinski definition) is 0. The normalized spacial score (nSPS) is 10.0. The topological polar surface area (TPSA) is 78.3 Å². The van der Waals surface area contributed by atoms with Crippen LogP contribution in [0.2, 0.25) is 0 Å². The Morgan fingerprint density at radius 1 is 1.09 bits per heavy atom. The van der Waals surface area contributed by atoms with Crippen LogP contribution in [0.4, 0.5) is 4.39 Å². The first kappa shape index (κ1) is 14.4. The van der Waals surface area contributed by atoms with Crippen LogP contribution < -0.4 is 0 Å². The van der Waals surface area contributed by atoms with Crippen molar-refractivity contribution in [1.82, 2.24) is 14.8 Å². The van der Waals surface area contributed by atoms with Gasteiger partial charge < -0.3 is 0 Å². The molecule has 0 aliphatic heterocycles. The van der Waals surface area contributed by atoms with Crippen LogP contribution >= 0.6 is 0 Å². The summed E-state index contributed by atoms with van der Waals surface area (Å²) < 4.78 is 15.0. The quantitative estimate of drug-likeness (QED) is 0.745. The zero-order chi connectivity index (χ0) is 16.2. The third-order valence-electron chi connectivity index (χ3n) is 3.35. The molecule has 0 unspecified atom stereocenters. The molecule has 1 heterocycles. The Labute approximate surface area is 131 Å². The smallest absolute Gasteiger partial charge is 0.158 e. The van der Waals surface area contributed by atoms with Gasteiger partial charge in [-0.05, 0) is 29.8 Å². The Morgan fingerprint density at radius 3 is 2.74 bits per heavy atom. The minimum absolute atomic E-state index is 0.00403. The molecule has 0 saturated carbocycles. The van der Waals surface area contributed by atoms with Gasteiger partial charge in [-0.3, -0.25) is 0 Å². The Morgan fingerprint density at radius 2 is 1.96 bits per heavy atom. The van der Waals surface area contributed by atoms with Crippen molar-refractivity contribution in [3.63, 3.8) is 0 Å². The van der Waals surface area contributed by atoms with Crippen LogP contribution in [0.25, 0.3) is 11.4 Å². The van der Waals surface area contributed by atoms with Gasteiger partial charge in [-0.2, -0.15) is 15.6 Å². The molecule has 110 valence electrons. The highest BCUT2D eigenvalue weighted by Crippen LogP contribution is 2.19. The Bertz CT molecular complexity index is 946. The van der Waals surface area contributed by atoms with Gasteiger partial charge in [0.1, 0.15) is 18.2 Å². The number of nitriles is 2. The molecular weight excluding hydrogens is 293 g/mol. The van der Waals surface area contributed by atoms with Gasteiger partial charge in [-0.25, -0.2) is 14.1 Å². The first-order valence-corrected chi connectivity index (χ1v) is 6.78. The van der Waals surface area contributed by atoms with Gasteiger partial charge in [-0.1, -0.05) is 18.2 Å². The lowest BCUT2D eigenvalue weighted by molar-refractivity contribution is 0.620. The van der Waals surface area contributed by atoms with E-state index in [0.29, 0.717) is 17.9 Å². The van der Waals surface area contributed by atoms with E-state index in [2.05, 4.69) is 16.2 Å². The van der Waals surface area contributed by atoms with Gasteiger partial charge in [0.2, 0.25) is 0 Å². The number of nitrogens with zero attached hydrogens (tertiary/aromatic N) is 5. The van der Waals surface area contributed by atoms with Crippen molar-refractivity contribution in [3.8, 4) is 23.5 Å². The molecule has 23 heavy (non-hydrogen) atoms. The van der Waals surface area contributed by atoms with E-state index in [9.17, 15) is 4.39 Å². The molecule has 0 N–H and O–H groups in total. The van der Waals surface area contributed by atoms with Crippen LogP contribution in [-0.4, -0.2) is 14.8 Å². The largest absolute Gasteiger partial charge is 0.241 e. The van der Waals surface area contributed by atoms with Crippen LogP contribution in [0.5, 0.6) is 0 Å². The first-order valence-electron chi connectivity index (χ1n) is 6.78. The third-order valence-corrected chi connectivity index (χ3v) is 3.35. The molecule has 0 spiro atoms. The summed E-state index contributed by atoms with van der Waals surface area (Å²) in [5.41, 5.74) is 2.04. The number of rotatable bonds is 3. The number of aromatic nitrogens is 3. The van der Waals surface area contributed by atoms with Gasteiger partial charge in [0.15, 0.2) is 5.82 Å². The van der Waals surface area contributed by atoms with E-state index in [4.69, 9.17) is 10.5 Å². The molecule has 2 aromatic carbocycles. The fourth-order valence-electron chi connectivity index (χ4n) is 2.26. The van der Waals surface area contributed by atoms with Crippen molar-refractivity contribution < 1.29 is 4.39 Å². The van der Waals surface area contributed by atoms with Gasteiger partial charge in [0.25, 0.3) is 0 Å². The van der Waals surface area contributed by atoms with Gasteiger partial charge >= 0.3 is 0 Å². The average molecular weight is 303 g/mol. The second-order valence-electron chi connectivity index (χ2n) is 4.86. The number of halogens is 1. The lowest BCUT2D eigenvalue weighted by Gasteiger charge is -2.07. The fourth-order valence-corrected chi connectivity index (χ4v) is 2.26. The third kappa shape index (κ3) is 2.92. The summed E-state index contributed by atoms with van der Waals surface area (Å²) in [5, 5.41) is 22.1. The van der Waals surface area contributed by atoms with Crippen molar-refractivity contribution in [1.29, 1.82) is 10.5 Å². The second kappa shape index (κ2) is 6.08. The lowest BCUT2D eigenvalue weighted by Crippen LogP contribution is -2.05. The van der Waals surface area contributed by atoms with Crippen molar-refractivity contribution in [2.24, 2.45) is 0 Å². The second-order valence-corrected chi connectivity index (χ2v) is 4.86. The van der Waals surface area contributed by atoms with E-state index < -0.39 is 5.82 Å². The summed E-state index contributed by atoms with van der Waals surface area (Å²) in [4.78, 5) is 4.22. The fraction of sp³-hybridized carbons (Fsp3) is 0.0588. The van der Waals surface area contributed by atoms with Crippen LogP contribution in [-0.2, 0) is 6.54 Å². The Hall–Kier alpha value is -3.51. The van der Waals surface area contributed by atoms with Crippen LogP contribution in [0.3, 0.4) is 0 Å². The minimum Gasteiger partial charge on any atom is -0.241 e. The average Bonchev–Trinajstić information content (AvgIpc) is 3.04. The maximum absolute atomic E-state index is 13.4. The van der Waals surface area contributed by atoms with Crippen molar-refractivity contribution >= 4 is 0 Å². The summed E-state index contributed by atoms with van der Waals surface area (Å²) in [5.74, 6) is 0.0571. The van der Waals surface area contributed by atoms with Crippen molar-refractivity contribution in [3.05, 3.63) is 71.3 Å². The van der Waals surface area contributed by atoms with E-state index in [-0.39, 0.29) is 5.56 Å². The lowest BCUT2D eigenvalue weighted by atomic mass is 10.1. The Balaban J connectivity index is 1.96. The molecule has 0 atom stereocenters. The minimum atomic E-state index is -0.545. The SMILES string of the molecule is N#Cc1cccc(-c2ncnn2Cc2ccc(F)c(C#N)c2)c1. The number of hydrogen-bond acceptors (Lipinski definition) is 4. The first-order chi connectivity index (χ1) is 11.2. The van der Waals surface area contributed by atoms with Crippen LogP contribution in [0.15, 0.2) is 48.8 Å². The number of benzene rings is 2. The predicted molar refractivity (Wildman–Crippen MR) is 80.4 cm³/mol. The summed E-state index contributed by atoms with van der Waals surface area (Å²) in [6.07, 6.45) is 1.42. The zero-order valence-electron chi connectivity index (χ0n) is 11.9. The molecule has 0 aliphatic carbocycles. The highest BCUT2D eigenvalue weighted by Gasteiger charge is 2.10. The van der Waals surface area contributed by atoms with E-state index in [1.54, 1.807) is 28.9 Å². The van der Waals surface area contributed by atoms with Crippen LogP contribution in [0, 0.1) is 28.5 Å². The molecule has 6 heteroatoms. The van der Waals surface area contributed by atoms with Crippen LogP contribution in [0.1, 0.15) is 16.7 Å². The molecule has 1 aromatic heterocycles. The van der Waals surface area contributed by atoms with E-state index in [1.165, 1.54) is 18.5 Å². The molecule has 3 rings (SSSR count). The van der Waals surface area contributed by atoms with Crippen molar-refractivity contribution in [2.75, 3.05) is 0 Å². The van der Waals surface area contributed by atoms with Gasteiger partial charge in [-0.15, -0.1) is 0 Å². The summed E-state index contributed by atoms with van der Waals surface area (Å²) in [7, 11) is 0. The molecule has 0 radical (unpaired) electrons. The van der Waals surface area contributed by atoms with E-state index in [1.807, 2.05) is 12.1 Å². The molecular formula is C17H10FN5. The molecule has 3 aromatic rings. The maximum Gasteiger partial charge on any atom is 0.158 e. The highest BCUT2D eigenvalue weighted by molar-refractivity contribution is 5.58. The Kier molecular flexibility index (Phi) is 3.82. The highest BCUT2D eigenvalue weighted by atomic mass is 19.1. The summed E-state index contributed by atoms with van der Waals surface area (Å²) >= 11 is 0. The van der Waals surface area contributed by atoms with E-state index >= 15 is 0 Å². The van der Waals surface area contributed by atoms with Crippen molar-refractivity contribution in [2.45, 2.75) is 6.54 Å². The molecule has 0 aliphatic rings. The van der Waals surface area contributed by atoms with Gasteiger partial charge in [0.05, 0.1) is 23.7 Å². The monoisotopic (exact) mass is 303 g/mol. The molecule has 0 fully saturated rings. The maximum atomic E-state index is 13.4. The standard InChI is InChI=1S/C17H10FN5/c18-16-5-4-13(7-15(16)9-20)10-23-17(21-11-22-23)14-3-1-2-12(6-14)8-19/h1-7,11H,10H2. The predicted octanol–water partition coefficient (Wildman–Crippen LogP) is 2.88.